The lowest BCUT2D eigenvalue weighted by molar-refractivity contribution is -0.138. The van der Waals surface area contributed by atoms with Gasteiger partial charge in [-0.25, -0.2) is 4.98 Å². The fourth-order valence-corrected chi connectivity index (χ4v) is 3.36. The Bertz CT molecular complexity index is 663. The van der Waals surface area contributed by atoms with E-state index in [1.807, 2.05) is 17.8 Å². The van der Waals surface area contributed by atoms with E-state index in [2.05, 4.69) is 9.88 Å². The summed E-state index contributed by atoms with van der Waals surface area (Å²) < 4.78 is 41.4. The third-order valence-corrected chi connectivity index (χ3v) is 4.45. The van der Waals surface area contributed by atoms with Gasteiger partial charge in [-0.2, -0.15) is 13.2 Å². The highest BCUT2D eigenvalue weighted by molar-refractivity contribution is 5.29. The van der Waals surface area contributed by atoms with Gasteiger partial charge in [0.15, 0.2) is 0 Å². The van der Waals surface area contributed by atoms with Crippen molar-refractivity contribution in [2.24, 2.45) is 7.05 Å². The van der Waals surface area contributed by atoms with Gasteiger partial charge in [-0.15, -0.1) is 0 Å². The largest absolute Gasteiger partial charge is 0.416 e. The summed E-state index contributed by atoms with van der Waals surface area (Å²) in [6.45, 7) is 1.90. The molecular weight excluding hydrogens is 303 g/mol. The Morgan fingerprint density at radius 3 is 2.74 bits per heavy atom. The van der Waals surface area contributed by atoms with Gasteiger partial charge < -0.3 is 4.57 Å². The Balaban J connectivity index is 1.75. The molecule has 1 saturated heterocycles. The summed E-state index contributed by atoms with van der Waals surface area (Å²) in [4.78, 5) is 6.50. The van der Waals surface area contributed by atoms with Crippen molar-refractivity contribution in [3.63, 3.8) is 0 Å². The molecule has 3 nitrogen and oxygen atoms in total. The van der Waals surface area contributed by atoms with Crippen molar-refractivity contribution in [3.8, 4) is 0 Å². The molecule has 0 amide bonds. The summed E-state index contributed by atoms with van der Waals surface area (Å²) in [5, 5.41) is 0. The van der Waals surface area contributed by atoms with E-state index < -0.39 is 11.7 Å². The fourth-order valence-electron chi connectivity index (χ4n) is 3.36. The monoisotopic (exact) mass is 323 g/mol. The molecule has 124 valence electrons. The Morgan fingerprint density at radius 1 is 1.26 bits per heavy atom. The molecule has 1 aliphatic heterocycles. The molecule has 1 fully saturated rings. The number of likely N-dealkylation sites (tertiary alicyclic amines) is 1. The molecule has 0 spiro atoms. The molecule has 0 N–H and O–H groups in total. The van der Waals surface area contributed by atoms with Crippen molar-refractivity contribution in [1.29, 1.82) is 0 Å². The second-order valence-electron chi connectivity index (χ2n) is 6.13. The summed E-state index contributed by atoms with van der Waals surface area (Å²) >= 11 is 0. The molecule has 0 radical (unpaired) electrons. The van der Waals surface area contributed by atoms with Gasteiger partial charge >= 0.3 is 6.18 Å². The molecule has 0 unspecified atom stereocenters. The van der Waals surface area contributed by atoms with E-state index in [0.29, 0.717) is 12.1 Å². The number of hydrogen-bond donors (Lipinski definition) is 0. The highest BCUT2D eigenvalue weighted by atomic mass is 19.4. The van der Waals surface area contributed by atoms with E-state index >= 15 is 0 Å². The first-order valence-electron chi connectivity index (χ1n) is 7.80. The van der Waals surface area contributed by atoms with E-state index in [4.69, 9.17) is 0 Å². The van der Waals surface area contributed by atoms with Crippen molar-refractivity contribution >= 4 is 0 Å². The first kappa shape index (κ1) is 16.1. The molecule has 23 heavy (non-hydrogen) atoms. The number of benzene rings is 1. The predicted octanol–water partition coefficient (Wildman–Crippen LogP) is 3.82. The number of nitrogens with zero attached hydrogens (tertiary/aromatic N) is 3. The zero-order chi connectivity index (χ0) is 16.4. The van der Waals surface area contributed by atoms with Gasteiger partial charge in [-0.1, -0.05) is 18.2 Å². The van der Waals surface area contributed by atoms with Gasteiger partial charge in [0.2, 0.25) is 0 Å². The Hall–Kier alpha value is -1.82. The Morgan fingerprint density at radius 2 is 2.04 bits per heavy atom. The average Bonchev–Trinajstić information content (AvgIpc) is 2.93. The smallest absolute Gasteiger partial charge is 0.338 e. The highest BCUT2D eigenvalue weighted by Gasteiger charge is 2.33. The Kier molecular flexibility index (Phi) is 4.43. The van der Waals surface area contributed by atoms with Gasteiger partial charge in [-0.05, 0) is 31.0 Å². The highest BCUT2D eigenvalue weighted by Crippen LogP contribution is 2.33. The lowest BCUT2D eigenvalue weighted by Crippen LogP contribution is -2.35. The van der Waals surface area contributed by atoms with Crippen LogP contribution in [0.15, 0.2) is 36.7 Å². The summed E-state index contributed by atoms with van der Waals surface area (Å²) in [6, 6.07) is 5.85. The number of alkyl halides is 3. The summed E-state index contributed by atoms with van der Waals surface area (Å²) in [7, 11) is 1.96. The molecule has 1 aromatic carbocycles. The standard InChI is InChI=1S/C17H20F3N3/c1-22-10-8-21-16(22)14-6-4-9-23(12-14)11-13-5-2-3-7-15(13)17(18,19)20/h2-3,5,7-8,10,14H,4,6,9,11-12H2,1H3/t14-/m1/s1. The number of halogens is 3. The van der Waals surface area contributed by atoms with Crippen LogP contribution in [0.1, 0.15) is 35.7 Å². The topological polar surface area (TPSA) is 21.1 Å². The average molecular weight is 323 g/mol. The molecule has 2 heterocycles. The SMILES string of the molecule is Cn1ccnc1[C@@H]1CCCN(Cc2ccccc2C(F)(F)F)C1. The van der Waals surface area contributed by atoms with Crippen LogP contribution in [-0.2, 0) is 19.8 Å². The quantitative estimate of drug-likeness (QED) is 0.856. The first-order chi connectivity index (χ1) is 10.9. The molecule has 1 atom stereocenters. The van der Waals surface area contributed by atoms with Crippen LogP contribution < -0.4 is 0 Å². The third-order valence-electron chi connectivity index (χ3n) is 4.45. The van der Waals surface area contributed by atoms with Gasteiger partial charge in [0, 0.05) is 38.4 Å². The number of aryl methyl sites for hydroxylation is 1. The fraction of sp³-hybridized carbons (Fsp3) is 0.471. The maximum Gasteiger partial charge on any atom is 0.416 e. The van der Waals surface area contributed by atoms with Crippen LogP contribution in [0.25, 0.3) is 0 Å². The molecule has 0 aliphatic carbocycles. The third kappa shape index (κ3) is 3.58. The number of hydrogen-bond acceptors (Lipinski definition) is 2. The van der Waals surface area contributed by atoms with Crippen molar-refractivity contribution in [3.05, 3.63) is 53.6 Å². The van der Waals surface area contributed by atoms with Gasteiger partial charge in [0.05, 0.1) is 5.56 Å². The molecule has 3 rings (SSSR count). The predicted molar refractivity (Wildman–Crippen MR) is 81.9 cm³/mol. The maximum atomic E-state index is 13.1. The van der Waals surface area contributed by atoms with E-state index in [9.17, 15) is 13.2 Å². The van der Waals surface area contributed by atoms with Crippen LogP contribution in [-0.4, -0.2) is 27.5 Å². The molecular formula is C17H20F3N3. The second-order valence-corrected chi connectivity index (χ2v) is 6.13. The Labute approximate surface area is 133 Å². The minimum absolute atomic E-state index is 0.279. The minimum Gasteiger partial charge on any atom is -0.338 e. The number of imidazole rings is 1. The van der Waals surface area contributed by atoms with Gasteiger partial charge in [0.1, 0.15) is 5.82 Å². The number of piperidine rings is 1. The van der Waals surface area contributed by atoms with Crippen LogP contribution in [0.4, 0.5) is 13.2 Å². The molecule has 2 aromatic rings. The molecule has 1 aromatic heterocycles. The lowest BCUT2D eigenvalue weighted by atomic mass is 9.96. The van der Waals surface area contributed by atoms with Crippen LogP contribution in [0.2, 0.25) is 0 Å². The number of rotatable bonds is 3. The van der Waals surface area contributed by atoms with E-state index in [1.165, 1.54) is 6.07 Å². The normalized spacial score (nSPS) is 19.9. The second kappa shape index (κ2) is 6.35. The number of aromatic nitrogens is 2. The van der Waals surface area contributed by atoms with E-state index in [-0.39, 0.29) is 5.92 Å². The first-order valence-corrected chi connectivity index (χ1v) is 7.80. The summed E-state index contributed by atoms with van der Waals surface area (Å²) in [6.07, 6.45) is 1.39. The van der Waals surface area contributed by atoms with Crippen LogP contribution in [0, 0.1) is 0 Å². The van der Waals surface area contributed by atoms with Crippen molar-refractivity contribution in [1.82, 2.24) is 14.5 Å². The van der Waals surface area contributed by atoms with Crippen molar-refractivity contribution < 1.29 is 13.2 Å². The van der Waals surface area contributed by atoms with Crippen molar-refractivity contribution in [2.45, 2.75) is 31.5 Å². The van der Waals surface area contributed by atoms with Crippen LogP contribution >= 0.6 is 0 Å². The molecule has 0 saturated carbocycles. The van der Waals surface area contributed by atoms with Crippen molar-refractivity contribution in [2.75, 3.05) is 13.1 Å². The van der Waals surface area contributed by atoms with Gasteiger partial charge in [-0.3, -0.25) is 4.90 Å². The molecule has 6 heteroatoms. The van der Waals surface area contributed by atoms with E-state index in [0.717, 1.165) is 37.8 Å². The summed E-state index contributed by atoms with van der Waals surface area (Å²) in [5.74, 6) is 1.29. The lowest BCUT2D eigenvalue weighted by Gasteiger charge is -2.33. The maximum absolute atomic E-state index is 13.1. The minimum atomic E-state index is -4.30. The van der Waals surface area contributed by atoms with E-state index in [1.54, 1.807) is 18.3 Å². The van der Waals surface area contributed by atoms with Gasteiger partial charge in [0.25, 0.3) is 0 Å². The van der Waals surface area contributed by atoms with Crippen LogP contribution in [0.5, 0.6) is 0 Å². The summed E-state index contributed by atoms with van der Waals surface area (Å²) in [5.41, 5.74) is -0.181. The zero-order valence-corrected chi connectivity index (χ0v) is 13.1. The molecule has 1 aliphatic rings. The van der Waals surface area contributed by atoms with Crippen LogP contribution in [0.3, 0.4) is 0 Å². The molecule has 0 bridgehead atoms. The zero-order valence-electron chi connectivity index (χ0n) is 13.1.